The van der Waals surface area contributed by atoms with E-state index in [0.29, 0.717) is 11.1 Å². The van der Waals surface area contributed by atoms with E-state index in [1.54, 1.807) is 13.0 Å². The molecule has 5 heteroatoms. The monoisotopic (exact) mass is 225 g/mol. The number of aliphatic hydroxyl groups is 1. The van der Waals surface area contributed by atoms with Crippen LogP contribution in [0, 0.1) is 6.92 Å². The highest BCUT2D eigenvalue weighted by Crippen LogP contribution is 2.29. The highest BCUT2D eigenvalue weighted by atomic mass is 16.4. The Morgan fingerprint density at radius 3 is 2.62 bits per heavy atom. The molecule has 5 N–H and O–H groups in total. The molecule has 0 amide bonds. The fourth-order valence-electron chi connectivity index (χ4n) is 1.55. The van der Waals surface area contributed by atoms with Crippen LogP contribution in [0.3, 0.4) is 0 Å². The Bertz CT molecular complexity index is 403. The second-order valence-corrected chi connectivity index (χ2v) is 3.67. The van der Waals surface area contributed by atoms with Gasteiger partial charge in [0.1, 0.15) is 11.3 Å². The second-order valence-electron chi connectivity index (χ2n) is 3.67. The van der Waals surface area contributed by atoms with E-state index in [0.717, 1.165) is 0 Å². The highest BCUT2D eigenvalue weighted by molar-refractivity contribution is 5.91. The minimum Gasteiger partial charge on any atom is -0.507 e. The lowest BCUT2D eigenvalue weighted by Crippen LogP contribution is -2.13. The Morgan fingerprint density at radius 2 is 2.12 bits per heavy atom. The Labute approximate surface area is 93.1 Å². The van der Waals surface area contributed by atoms with Crippen molar-refractivity contribution in [1.29, 1.82) is 0 Å². The average Bonchev–Trinajstić information content (AvgIpc) is 2.20. The summed E-state index contributed by atoms with van der Waals surface area (Å²) in [7, 11) is 0. The van der Waals surface area contributed by atoms with Gasteiger partial charge >= 0.3 is 5.97 Å². The van der Waals surface area contributed by atoms with Gasteiger partial charge in [-0.3, -0.25) is 0 Å². The summed E-state index contributed by atoms with van der Waals surface area (Å²) in [6.45, 7) is 1.61. The zero-order valence-corrected chi connectivity index (χ0v) is 8.97. The lowest BCUT2D eigenvalue weighted by Gasteiger charge is -2.14. The van der Waals surface area contributed by atoms with E-state index in [4.69, 9.17) is 15.9 Å². The minimum absolute atomic E-state index is 0.114. The quantitative estimate of drug-likeness (QED) is 0.606. The van der Waals surface area contributed by atoms with Crippen LogP contribution >= 0.6 is 0 Å². The number of aromatic hydroxyl groups is 1. The molecule has 5 nitrogen and oxygen atoms in total. The van der Waals surface area contributed by atoms with E-state index in [1.807, 2.05) is 0 Å². The molecule has 0 radical (unpaired) electrons. The Balaban J connectivity index is 3.23. The van der Waals surface area contributed by atoms with Gasteiger partial charge in [-0.25, -0.2) is 4.79 Å². The maximum Gasteiger partial charge on any atom is 0.339 e. The summed E-state index contributed by atoms with van der Waals surface area (Å²) in [5, 5.41) is 27.4. The number of carboxylic acid groups (broad SMARTS) is 1. The Kier molecular flexibility index (Phi) is 3.87. The number of phenols is 1. The first-order valence-corrected chi connectivity index (χ1v) is 4.90. The maximum absolute atomic E-state index is 10.9. The van der Waals surface area contributed by atoms with Crippen molar-refractivity contribution in [2.45, 2.75) is 19.4 Å². The van der Waals surface area contributed by atoms with Gasteiger partial charge < -0.3 is 21.1 Å². The van der Waals surface area contributed by atoms with Gasteiger partial charge in [0.15, 0.2) is 0 Å². The molecule has 1 rings (SSSR count). The zero-order valence-electron chi connectivity index (χ0n) is 8.97. The summed E-state index contributed by atoms with van der Waals surface area (Å²) in [5.74, 6) is -1.52. The summed E-state index contributed by atoms with van der Waals surface area (Å²) in [6.07, 6.45) is 0.274. The molecule has 1 atom stereocenters. The highest BCUT2D eigenvalue weighted by Gasteiger charge is 2.18. The van der Waals surface area contributed by atoms with E-state index in [1.165, 1.54) is 6.07 Å². The summed E-state index contributed by atoms with van der Waals surface area (Å²) in [6, 6.07) is 2.44. The Hall–Kier alpha value is -1.59. The lowest BCUT2D eigenvalue weighted by molar-refractivity contribution is 0.0693. The third kappa shape index (κ3) is 2.50. The molecule has 0 aromatic heterocycles. The lowest BCUT2D eigenvalue weighted by atomic mass is 9.98. The topological polar surface area (TPSA) is 104 Å². The molecule has 1 aromatic carbocycles. The van der Waals surface area contributed by atoms with Crippen molar-refractivity contribution < 1.29 is 20.1 Å². The minimum atomic E-state index is -1.20. The molecule has 0 saturated carbocycles. The fourth-order valence-corrected chi connectivity index (χ4v) is 1.55. The predicted molar refractivity (Wildman–Crippen MR) is 58.4 cm³/mol. The van der Waals surface area contributed by atoms with E-state index < -0.39 is 12.0 Å². The number of benzene rings is 1. The summed E-state index contributed by atoms with van der Waals surface area (Å²) in [5.41, 5.74) is 6.63. The first-order chi connectivity index (χ1) is 7.47. The number of carbonyl (C=O) groups is 1. The van der Waals surface area contributed by atoms with Gasteiger partial charge in [0.25, 0.3) is 0 Å². The molecular weight excluding hydrogens is 210 g/mol. The Morgan fingerprint density at radius 1 is 1.50 bits per heavy atom. The molecule has 0 spiro atoms. The molecular formula is C11H15NO4. The van der Waals surface area contributed by atoms with Crippen molar-refractivity contribution in [3.8, 4) is 5.75 Å². The number of hydrogen-bond donors (Lipinski definition) is 4. The van der Waals surface area contributed by atoms with Crippen LogP contribution in [-0.4, -0.2) is 27.9 Å². The van der Waals surface area contributed by atoms with Crippen molar-refractivity contribution in [3.63, 3.8) is 0 Å². The summed E-state index contributed by atoms with van der Waals surface area (Å²) >= 11 is 0. The van der Waals surface area contributed by atoms with Crippen LogP contribution in [0.4, 0.5) is 0 Å². The molecule has 88 valence electrons. The number of aryl methyl sites for hydroxylation is 1. The number of carboxylic acids is 1. The van der Waals surface area contributed by atoms with E-state index in [2.05, 4.69) is 0 Å². The molecule has 1 aromatic rings. The van der Waals surface area contributed by atoms with Gasteiger partial charge in [-0.05, 0) is 25.0 Å². The number of nitrogens with two attached hydrogens (primary N) is 1. The van der Waals surface area contributed by atoms with Crippen LogP contribution in [0.2, 0.25) is 0 Å². The number of aromatic carboxylic acids is 1. The number of aliphatic hydroxyl groups excluding tert-OH is 1. The third-order valence-electron chi connectivity index (χ3n) is 2.35. The molecule has 0 fully saturated rings. The van der Waals surface area contributed by atoms with Crippen LogP contribution < -0.4 is 5.73 Å². The van der Waals surface area contributed by atoms with E-state index in [9.17, 15) is 9.90 Å². The van der Waals surface area contributed by atoms with Gasteiger partial charge in [0, 0.05) is 18.2 Å². The van der Waals surface area contributed by atoms with Crippen LogP contribution in [0.15, 0.2) is 12.1 Å². The molecule has 0 aliphatic heterocycles. The van der Waals surface area contributed by atoms with E-state index in [-0.39, 0.29) is 24.3 Å². The molecule has 0 bridgehead atoms. The summed E-state index contributed by atoms with van der Waals surface area (Å²) < 4.78 is 0. The SMILES string of the molecule is Cc1cc(C(=O)O)c(O)c([C@@H](N)CCO)c1. The molecule has 0 saturated heterocycles. The van der Waals surface area contributed by atoms with Crippen molar-refractivity contribution in [1.82, 2.24) is 0 Å². The predicted octanol–water partition coefficient (Wildman–Crippen LogP) is 0.781. The fraction of sp³-hybridized carbons (Fsp3) is 0.364. The van der Waals surface area contributed by atoms with E-state index >= 15 is 0 Å². The van der Waals surface area contributed by atoms with Crippen LogP contribution in [-0.2, 0) is 0 Å². The molecule has 16 heavy (non-hydrogen) atoms. The van der Waals surface area contributed by atoms with Crippen LogP contribution in [0.5, 0.6) is 5.75 Å². The average molecular weight is 225 g/mol. The number of hydrogen-bond acceptors (Lipinski definition) is 4. The molecule has 0 aliphatic carbocycles. The number of rotatable bonds is 4. The standard InChI is InChI=1S/C11H15NO4/c1-6-4-7(9(12)2-3-13)10(14)8(5-6)11(15)16/h4-5,9,13-14H,2-3,12H2,1H3,(H,15,16)/t9-/m0/s1. The van der Waals surface area contributed by atoms with Gasteiger partial charge in [-0.1, -0.05) is 6.07 Å². The van der Waals surface area contributed by atoms with Crippen molar-refractivity contribution in [2.24, 2.45) is 5.73 Å². The zero-order chi connectivity index (χ0) is 12.3. The van der Waals surface area contributed by atoms with Crippen molar-refractivity contribution in [2.75, 3.05) is 6.61 Å². The van der Waals surface area contributed by atoms with Gasteiger partial charge in [-0.15, -0.1) is 0 Å². The maximum atomic E-state index is 10.9. The van der Waals surface area contributed by atoms with Crippen LogP contribution in [0.1, 0.15) is 33.9 Å². The normalized spacial score (nSPS) is 12.4. The molecule has 0 heterocycles. The molecule has 0 unspecified atom stereocenters. The smallest absolute Gasteiger partial charge is 0.339 e. The van der Waals surface area contributed by atoms with Gasteiger partial charge in [0.2, 0.25) is 0 Å². The first-order valence-electron chi connectivity index (χ1n) is 4.90. The van der Waals surface area contributed by atoms with Crippen LogP contribution in [0.25, 0.3) is 0 Å². The second kappa shape index (κ2) is 4.96. The van der Waals surface area contributed by atoms with Gasteiger partial charge in [0.05, 0.1) is 0 Å². The van der Waals surface area contributed by atoms with Gasteiger partial charge in [-0.2, -0.15) is 0 Å². The largest absolute Gasteiger partial charge is 0.507 e. The van der Waals surface area contributed by atoms with Crippen molar-refractivity contribution in [3.05, 3.63) is 28.8 Å². The first kappa shape index (κ1) is 12.5. The summed E-state index contributed by atoms with van der Waals surface area (Å²) in [4.78, 5) is 10.9. The third-order valence-corrected chi connectivity index (χ3v) is 2.35. The van der Waals surface area contributed by atoms with Crippen molar-refractivity contribution >= 4 is 5.97 Å². The molecule has 0 aliphatic rings.